The normalized spacial score (nSPS) is 34.1. The van der Waals surface area contributed by atoms with E-state index in [-0.39, 0.29) is 18.0 Å². The zero-order chi connectivity index (χ0) is 17.3. The topological polar surface area (TPSA) is 52.6 Å². The number of esters is 2. The molecule has 23 heavy (non-hydrogen) atoms. The Balaban J connectivity index is 2.21. The van der Waals surface area contributed by atoms with Crippen molar-refractivity contribution in [3.05, 3.63) is 12.2 Å². The Bertz CT molecular complexity index is 503. The van der Waals surface area contributed by atoms with Crippen molar-refractivity contribution in [1.29, 1.82) is 0 Å². The van der Waals surface area contributed by atoms with Crippen molar-refractivity contribution < 1.29 is 19.1 Å². The number of hydrogen-bond donors (Lipinski definition) is 0. The van der Waals surface area contributed by atoms with E-state index in [1.54, 1.807) is 0 Å². The standard InChI is InChI=1S/C19H30O4/c1-6-19(18(4,5)17(2,3)15(20)23-19)16(21)22-14-12-10-8-7-9-11-13-14/h7-8,14H,6,9-13H2,1-5H3/b8-7-/t14?,19-/m0/s1. The maximum atomic E-state index is 13.0. The number of hydrogen-bond acceptors (Lipinski definition) is 4. The van der Waals surface area contributed by atoms with Gasteiger partial charge in [0.25, 0.3) is 0 Å². The fourth-order valence-electron chi connectivity index (χ4n) is 3.62. The Morgan fingerprint density at radius 2 is 1.87 bits per heavy atom. The third-order valence-corrected chi connectivity index (χ3v) is 6.17. The minimum absolute atomic E-state index is 0.0888. The van der Waals surface area contributed by atoms with Gasteiger partial charge in [0, 0.05) is 5.41 Å². The number of carbonyl (C=O) groups excluding carboxylic acids is 2. The molecular formula is C19H30O4. The van der Waals surface area contributed by atoms with E-state index in [0.29, 0.717) is 6.42 Å². The summed E-state index contributed by atoms with van der Waals surface area (Å²) in [5.41, 5.74) is -2.53. The molecule has 0 bridgehead atoms. The number of carbonyl (C=O) groups is 2. The molecule has 130 valence electrons. The molecule has 0 aromatic rings. The third-order valence-electron chi connectivity index (χ3n) is 6.17. The highest BCUT2D eigenvalue weighted by molar-refractivity contribution is 5.91. The number of cyclic esters (lactones) is 1. The lowest BCUT2D eigenvalue weighted by atomic mass is 9.60. The first-order valence-electron chi connectivity index (χ1n) is 8.78. The molecule has 4 nitrogen and oxygen atoms in total. The van der Waals surface area contributed by atoms with Crippen molar-refractivity contribution in [2.45, 2.75) is 84.8 Å². The van der Waals surface area contributed by atoms with Crippen molar-refractivity contribution in [2.75, 3.05) is 0 Å². The molecular weight excluding hydrogens is 292 g/mol. The van der Waals surface area contributed by atoms with Gasteiger partial charge < -0.3 is 9.47 Å². The molecule has 1 aliphatic carbocycles. The van der Waals surface area contributed by atoms with Gasteiger partial charge in [0.2, 0.25) is 5.60 Å². The Labute approximate surface area is 139 Å². The van der Waals surface area contributed by atoms with Gasteiger partial charge in [-0.15, -0.1) is 0 Å². The summed E-state index contributed by atoms with van der Waals surface area (Å²) in [6.07, 6.45) is 9.35. The molecule has 2 rings (SSSR count). The van der Waals surface area contributed by atoms with Gasteiger partial charge >= 0.3 is 11.9 Å². The van der Waals surface area contributed by atoms with E-state index >= 15 is 0 Å². The first-order chi connectivity index (χ1) is 10.7. The maximum Gasteiger partial charge on any atom is 0.351 e. The van der Waals surface area contributed by atoms with Gasteiger partial charge in [-0.2, -0.15) is 0 Å². The predicted octanol–water partition coefficient (Wildman–Crippen LogP) is 4.18. The minimum atomic E-state index is -1.19. The lowest BCUT2D eigenvalue weighted by molar-refractivity contribution is -0.187. The second kappa shape index (κ2) is 6.29. The average molecular weight is 322 g/mol. The third kappa shape index (κ3) is 2.81. The van der Waals surface area contributed by atoms with E-state index in [9.17, 15) is 9.59 Å². The first kappa shape index (κ1) is 18.0. The fourth-order valence-corrected chi connectivity index (χ4v) is 3.62. The molecule has 0 aromatic carbocycles. The summed E-state index contributed by atoms with van der Waals surface area (Å²) < 4.78 is 11.5. The van der Waals surface area contributed by atoms with Crippen LogP contribution in [-0.2, 0) is 19.1 Å². The molecule has 2 atom stereocenters. The highest BCUT2D eigenvalue weighted by atomic mass is 16.6. The van der Waals surface area contributed by atoms with Gasteiger partial charge in [0.05, 0.1) is 5.41 Å². The molecule has 1 aliphatic heterocycles. The maximum absolute atomic E-state index is 13.0. The van der Waals surface area contributed by atoms with Crippen molar-refractivity contribution in [3.8, 4) is 0 Å². The van der Waals surface area contributed by atoms with Gasteiger partial charge in [-0.25, -0.2) is 4.79 Å². The lowest BCUT2D eigenvalue weighted by Crippen LogP contribution is -2.53. The largest absolute Gasteiger partial charge is 0.459 e. The summed E-state index contributed by atoms with van der Waals surface area (Å²) in [5.74, 6) is -0.694. The van der Waals surface area contributed by atoms with E-state index in [0.717, 1.165) is 32.1 Å². The molecule has 1 heterocycles. The predicted molar refractivity (Wildman–Crippen MR) is 88.8 cm³/mol. The average Bonchev–Trinajstić information content (AvgIpc) is 2.59. The Kier molecular flexibility index (Phi) is 4.93. The fraction of sp³-hybridized carbons (Fsp3) is 0.789. The van der Waals surface area contributed by atoms with Gasteiger partial charge in [0.15, 0.2) is 0 Å². The van der Waals surface area contributed by atoms with Crippen molar-refractivity contribution >= 4 is 11.9 Å². The highest BCUT2D eigenvalue weighted by Gasteiger charge is 2.69. The van der Waals surface area contributed by atoms with Crippen molar-refractivity contribution in [2.24, 2.45) is 10.8 Å². The van der Waals surface area contributed by atoms with Gasteiger partial charge in [-0.05, 0) is 52.4 Å². The van der Waals surface area contributed by atoms with Crippen LogP contribution in [0.3, 0.4) is 0 Å². The van der Waals surface area contributed by atoms with Crippen LogP contribution >= 0.6 is 0 Å². The second-order valence-electron chi connectivity index (χ2n) is 7.83. The van der Waals surface area contributed by atoms with E-state index in [1.165, 1.54) is 0 Å². The van der Waals surface area contributed by atoms with Gasteiger partial charge in [-0.1, -0.05) is 32.9 Å². The Hall–Kier alpha value is -1.32. The molecule has 0 spiro atoms. The smallest absolute Gasteiger partial charge is 0.351 e. The molecule has 1 fully saturated rings. The molecule has 0 radical (unpaired) electrons. The summed E-state index contributed by atoms with van der Waals surface area (Å²) >= 11 is 0. The van der Waals surface area contributed by atoms with Crippen molar-refractivity contribution in [3.63, 3.8) is 0 Å². The molecule has 4 heteroatoms. The minimum Gasteiger partial charge on any atom is -0.459 e. The monoisotopic (exact) mass is 322 g/mol. The molecule has 0 saturated carbocycles. The SMILES string of the molecule is CC[C@@]1(C(=O)OC2CC/C=C\CCC2)OC(=O)C(C)(C)C1(C)C. The van der Waals surface area contributed by atoms with Crippen LogP contribution in [0.4, 0.5) is 0 Å². The van der Waals surface area contributed by atoms with Crippen LogP contribution in [0.5, 0.6) is 0 Å². The molecule has 1 saturated heterocycles. The number of ether oxygens (including phenoxy) is 2. The van der Waals surface area contributed by atoms with Crippen LogP contribution in [0.25, 0.3) is 0 Å². The number of allylic oxidation sites excluding steroid dienone is 2. The Morgan fingerprint density at radius 3 is 2.43 bits per heavy atom. The van der Waals surface area contributed by atoms with E-state index in [2.05, 4.69) is 12.2 Å². The van der Waals surface area contributed by atoms with E-state index in [1.807, 2.05) is 34.6 Å². The molecule has 2 aliphatic rings. The van der Waals surface area contributed by atoms with Crippen LogP contribution in [-0.4, -0.2) is 23.6 Å². The van der Waals surface area contributed by atoms with Crippen LogP contribution in [0.15, 0.2) is 12.2 Å². The quantitative estimate of drug-likeness (QED) is 0.578. The summed E-state index contributed by atoms with van der Waals surface area (Å²) in [6, 6.07) is 0. The van der Waals surface area contributed by atoms with E-state index < -0.39 is 16.4 Å². The first-order valence-corrected chi connectivity index (χ1v) is 8.78. The zero-order valence-corrected chi connectivity index (χ0v) is 15.1. The summed E-state index contributed by atoms with van der Waals surface area (Å²) in [4.78, 5) is 25.3. The molecule has 1 unspecified atom stereocenters. The molecule has 0 aromatic heterocycles. The summed E-state index contributed by atoms with van der Waals surface area (Å²) in [7, 11) is 0. The highest BCUT2D eigenvalue weighted by Crippen LogP contribution is 2.57. The molecule has 0 N–H and O–H groups in total. The Morgan fingerprint density at radius 1 is 1.22 bits per heavy atom. The molecule has 0 amide bonds. The van der Waals surface area contributed by atoms with E-state index in [4.69, 9.17) is 9.47 Å². The van der Waals surface area contributed by atoms with Gasteiger partial charge in [0.1, 0.15) is 6.10 Å². The van der Waals surface area contributed by atoms with Crippen LogP contribution in [0, 0.1) is 10.8 Å². The van der Waals surface area contributed by atoms with Crippen LogP contribution in [0.1, 0.15) is 73.1 Å². The van der Waals surface area contributed by atoms with Crippen LogP contribution < -0.4 is 0 Å². The van der Waals surface area contributed by atoms with Gasteiger partial charge in [-0.3, -0.25) is 4.79 Å². The van der Waals surface area contributed by atoms with Crippen molar-refractivity contribution in [1.82, 2.24) is 0 Å². The lowest BCUT2D eigenvalue weighted by Gasteiger charge is -2.41. The van der Waals surface area contributed by atoms with Crippen LogP contribution in [0.2, 0.25) is 0 Å². The second-order valence-corrected chi connectivity index (χ2v) is 7.83. The number of rotatable bonds is 3. The summed E-state index contributed by atoms with van der Waals surface area (Å²) in [5, 5.41) is 0. The zero-order valence-electron chi connectivity index (χ0n) is 15.1. The summed E-state index contributed by atoms with van der Waals surface area (Å²) in [6.45, 7) is 9.45.